The Balaban J connectivity index is 1.77. The van der Waals surface area contributed by atoms with Gasteiger partial charge in [0, 0.05) is 16.6 Å². The van der Waals surface area contributed by atoms with Crippen molar-refractivity contribution in [1.29, 1.82) is 0 Å². The van der Waals surface area contributed by atoms with Crippen LogP contribution in [-0.2, 0) is 0 Å². The smallest absolute Gasteiger partial charge is 0.291 e. The van der Waals surface area contributed by atoms with Gasteiger partial charge in [0.1, 0.15) is 16.9 Å². The maximum absolute atomic E-state index is 13.0. The van der Waals surface area contributed by atoms with Crippen molar-refractivity contribution in [1.82, 2.24) is 0 Å². The molecule has 0 saturated carbocycles. The van der Waals surface area contributed by atoms with Gasteiger partial charge in [-0.15, -0.1) is 0 Å². The summed E-state index contributed by atoms with van der Waals surface area (Å²) in [4.78, 5) is 25.9. The van der Waals surface area contributed by atoms with E-state index >= 15 is 0 Å². The average molecular weight is 391 g/mol. The van der Waals surface area contributed by atoms with E-state index in [2.05, 4.69) is 5.32 Å². The largest absolute Gasteiger partial charge is 0.486 e. The highest BCUT2D eigenvalue weighted by Gasteiger charge is 2.37. The summed E-state index contributed by atoms with van der Waals surface area (Å²) in [7, 11) is 0. The lowest BCUT2D eigenvalue weighted by atomic mass is 9.87. The van der Waals surface area contributed by atoms with Crippen LogP contribution in [0.1, 0.15) is 64.3 Å². The first-order chi connectivity index (χ1) is 13.7. The molecule has 0 bridgehead atoms. The maximum atomic E-state index is 13.0. The molecule has 0 unspecified atom stereocenters. The fourth-order valence-corrected chi connectivity index (χ4v) is 3.88. The van der Waals surface area contributed by atoms with Crippen molar-refractivity contribution >= 4 is 28.3 Å². The number of fused-ring (bicyclic) bond motifs is 3. The topological polar surface area (TPSA) is 68.5 Å². The van der Waals surface area contributed by atoms with Crippen LogP contribution < -0.4 is 10.1 Å². The molecular formula is C24H25NO4. The Morgan fingerprint density at radius 2 is 1.93 bits per heavy atom. The van der Waals surface area contributed by atoms with Crippen molar-refractivity contribution in [2.24, 2.45) is 0 Å². The number of hydrogen-bond donors (Lipinski definition) is 1. The summed E-state index contributed by atoms with van der Waals surface area (Å²) in [6.07, 6.45) is 1.05. The fraction of sp³-hybridized carbons (Fsp3) is 0.333. The van der Waals surface area contributed by atoms with Gasteiger partial charge >= 0.3 is 0 Å². The third kappa shape index (κ3) is 3.20. The predicted octanol–water partition coefficient (Wildman–Crippen LogP) is 5.74. The summed E-state index contributed by atoms with van der Waals surface area (Å²) >= 11 is 0. The molecule has 5 nitrogen and oxygen atoms in total. The Morgan fingerprint density at radius 3 is 2.66 bits per heavy atom. The van der Waals surface area contributed by atoms with E-state index in [0.717, 1.165) is 23.2 Å². The second-order valence-electron chi connectivity index (χ2n) is 8.15. The van der Waals surface area contributed by atoms with Crippen LogP contribution in [0.4, 0.5) is 5.69 Å². The van der Waals surface area contributed by atoms with E-state index in [1.54, 1.807) is 12.1 Å². The van der Waals surface area contributed by atoms with Gasteiger partial charge in [-0.3, -0.25) is 9.59 Å². The van der Waals surface area contributed by atoms with Crippen LogP contribution in [0.5, 0.6) is 5.75 Å². The average Bonchev–Trinajstić information content (AvgIpc) is 3.01. The van der Waals surface area contributed by atoms with E-state index in [9.17, 15) is 9.59 Å². The minimum atomic E-state index is -0.502. The van der Waals surface area contributed by atoms with Gasteiger partial charge in [-0.25, -0.2) is 0 Å². The van der Waals surface area contributed by atoms with Crippen LogP contribution in [0.2, 0.25) is 0 Å². The lowest BCUT2D eigenvalue weighted by Crippen LogP contribution is -2.38. The molecule has 1 aromatic heterocycles. The quantitative estimate of drug-likeness (QED) is 0.618. The third-order valence-corrected chi connectivity index (χ3v) is 5.82. The zero-order valence-electron chi connectivity index (χ0n) is 17.4. The van der Waals surface area contributed by atoms with Gasteiger partial charge in [0.2, 0.25) is 0 Å². The zero-order valence-corrected chi connectivity index (χ0v) is 17.4. The van der Waals surface area contributed by atoms with E-state index in [0.29, 0.717) is 34.3 Å². The minimum absolute atomic E-state index is 0.0200. The SMILES string of the molecule is CC[C@]1(C)CC(=O)c2c(ccc3oc(C(=O)Nc4cc(C)ccc4C)c(C)c23)O1. The Morgan fingerprint density at radius 1 is 1.17 bits per heavy atom. The van der Waals surface area contributed by atoms with Crippen molar-refractivity contribution < 1.29 is 18.7 Å². The number of anilines is 1. The number of nitrogens with one attached hydrogen (secondary N) is 1. The highest BCUT2D eigenvalue weighted by Crippen LogP contribution is 2.41. The first-order valence-corrected chi connectivity index (χ1v) is 9.89. The number of hydrogen-bond acceptors (Lipinski definition) is 4. The summed E-state index contributed by atoms with van der Waals surface area (Å²) in [6.45, 7) is 9.69. The van der Waals surface area contributed by atoms with Gasteiger partial charge in [-0.05, 0) is 63.4 Å². The number of amides is 1. The highest BCUT2D eigenvalue weighted by molar-refractivity contribution is 6.14. The van der Waals surface area contributed by atoms with Crippen molar-refractivity contribution in [3.8, 4) is 5.75 Å². The lowest BCUT2D eigenvalue weighted by Gasteiger charge is -2.34. The molecule has 0 aliphatic carbocycles. The van der Waals surface area contributed by atoms with E-state index in [4.69, 9.17) is 9.15 Å². The number of aryl methyl sites for hydroxylation is 3. The summed E-state index contributed by atoms with van der Waals surface area (Å²) < 4.78 is 12.0. The summed E-state index contributed by atoms with van der Waals surface area (Å²) in [5.74, 6) is 0.463. The Labute approximate surface area is 170 Å². The van der Waals surface area contributed by atoms with Crippen molar-refractivity contribution in [3.63, 3.8) is 0 Å². The summed E-state index contributed by atoms with van der Waals surface area (Å²) in [5, 5.41) is 3.60. The Kier molecular flexibility index (Phi) is 4.49. The predicted molar refractivity (Wildman–Crippen MR) is 113 cm³/mol. The Bertz CT molecular complexity index is 1160. The molecule has 1 amide bonds. The van der Waals surface area contributed by atoms with Gasteiger partial charge in [0.15, 0.2) is 11.5 Å². The number of rotatable bonds is 3. The molecule has 1 N–H and O–H groups in total. The second-order valence-corrected chi connectivity index (χ2v) is 8.15. The lowest BCUT2D eigenvalue weighted by molar-refractivity contribution is 0.0503. The van der Waals surface area contributed by atoms with Crippen LogP contribution in [0.3, 0.4) is 0 Å². The number of Topliss-reactive ketones (excluding diaryl/α,β-unsaturated/α-hetero) is 1. The first kappa shape index (κ1) is 19.2. The van der Waals surface area contributed by atoms with Gasteiger partial charge in [0.05, 0.1) is 12.0 Å². The molecule has 1 aliphatic heterocycles. The molecule has 2 heterocycles. The third-order valence-electron chi connectivity index (χ3n) is 5.82. The van der Waals surface area contributed by atoms with E-state index in [1.807, 2.05) is 52.8 Å². The summed E-state index contributed by atoms with van der Waals surface area (Å²) in [6, 6.07) is 9.42. The molecular weight excluding hydrogens is 366 g/mol. The standard InChI is InChI=1S/C24H25NO4/c1-6-24(5)12-17(26)21-19(29-24)10-9-18-20(21)15(4)22(28-18)23(27)25-16-11-13(2)7-8-14(16)3/h7-11H,6,12H2,1-5H3,(H,25,27)/t24-/m1/s1. The van der Waals surface area contributed by atoms with Gasteiger partial charge in [0.25, 0.3) is 5.91 Å². The highest BCUT2D eigenvalue weighted by atomic mass is 16.5. The molecule has 0 saturated heterocycles. The zero-order chi connectivity index (χ0) is 20.9. The number of carbonyl (C=O) groups is 2. The molecule has 4 rings (SSSR count). The van der Waals surface area contributed by atoms with E-state index < -0.39 is 5.60 Å². The molecule has 5 heteroatoms. The number of benzene rings is 2. The number of ether oxygens (including phenoxy) is 1. The number of ketones is 1. The van der Waals surface area contributed by atoms with E-state index in [1.165, 1.54) is 0 Å². The van der Waals surface area contributed by atoms with Crippen LogP contribution in [0.15, 0.2) is 34.7 Å². The van der Waals surface area contributed by atoms with Crippen molar-refractivity contribution in [2.45, 2.75) is 53.1 Å². The number of furan rings is 1. The monoisotopic (exact) mass is 391 g/mol. The molecule has 150 valence electrons. The molecule has 29 heavy (non-hydrogen) atoms. The van der Waals surface area contributed by atoms with E-state index in [-0.39, 0.29) is 17.5 Å². The number of carbonyl (C=O) groups excluding carboxylic acids is 2. The normalized spacial score (nSPS) is 18.4. The Hall–Kier alpha value is -3.08. The van der Waals surface area contributed by atoms with Gasteiger partial charge in [-0.1, -0.05) is 19.1 Å². The molecule has 1 aliphatic rings. The second kappa shape index (κ2) is 6.76. The molecule has 1 atom stereocenters. The first-order valence-electron chi connectivity index (χ1n) is 9.89. The van der Waals surface area contributed by atoms with Crippen LogP contribution in [0, 0.1) is 20.8 Å². The van der Waals surface area contributed by atoms with Gasteiger partial charge < -0.3 is 14.5 Å². The molecule has 3 aromatic rings. The summed E-state index contributed by atoms with van der Waals surface area (Å²) in [5.41, 5.74) is 3.95. The molecule has 0 radical (unpaired) electrons. The van der Waals surface area contributed by atoms with Gasteiger partial charge in [-0.2, -0.15) is 0 Å². The van der Waals surface area contributed by atoms with Crippen LogP contribution in [0.25, 0.3) is 11.0 Å². The molecule has 2 aromatic carbocycles. The molecule has 0 spiro atoms. The maximum Gasteiger partial charge on any atom is 0.291 e. The van der Waals surface area contributed by atoms with Crippen molar-refractivity contribution in [2.75, 3.05) is 5.32 Å². The fourth-order valence-electron chi connectivity index (χ4n) is 3.88. The van der Waals surface area contributed by atoms with Crippen LogP contribution >= 0.6 is 0 Å². The van der Waals surface area contributed by atoms with Crippen molar-refractivity contribution in [3.05, 3.63) is 58.3 Å². The minimum Gasteiger partial charge on any atom is -0.486 e. The van der Waals surface area contributed by atoms with Crippen LogP contribution in [-0.4, -0.2) is 17.3 Å². The molecule has 0 fully saturated rings.